The van der Waals surface area contributed by atoms with E-state index in [1.54, 1.807) is 7.11 Å². The minimum atomic E-state index is -0.481. The molecule has 0 bridgehead atoms. The molecule has 31 heavy (non-hydrogen) atoms. The molecule has 2 aromatic carbocycles. The van der Waals surface area contributed by atoms with E-state index >= 15 is 0 Å². The van der Waals surface area contributed by atoms with Gasteiger partial charge in [-0.1, -0.05) is 67.8 Å². The average molecular weight is 421 g/mol. The van der Waals surface area contributed by atoms with Gasteiger partial charge in [-0.15, -0.1) is 0 Å². The Morgan fingerprint density at radius 1 is 1.06 bits per heavy atom. The van der Waals surface area contributed by atoms with Crippen LogP contribution in [0.4, 0.5) is 0 Å². The van der Waals surface area contributed by atoms with Crippen LogP contribution in [-0.2, 0) is 16.1 Å². The van der Waals surface area contributed by atoms with Crippen molar-refractivity contribution in [3.8, 4) is 0 Å². The van der Waals surface area contributed by atoms with E-state index in [-0.39, 0.29) is 17.7 Å². The SMILES string of the molecule is COCCCNC(=O)[C@H]1c2ccccc2C(=O)N(Cc2ccccc2)C12CCCCC2. The molecule has 2 aliphatic rings. The molecule has 2 aromatic rings. The molecule has 1 atom stereocenters. The van der Waals surface area contributed by atoms with Crippen LogP contribution in [0, 0.1) is 0 Å². The predicted octanol–water partition coefficient (Wildman–Crippen LogP) is 4.28. The van der Waals surface area contributed by atoms with Crippen LogP contribution in [0.1, 0.15) is 65.9 Å². The maximum Gasteiger partial charge on any atom is 0.254 e. The van der Waals surface area contributed by atoms with Crippen molar-refractivity contribution in [1.29, 1.82) is 0 Å². The maximum absolute atomic E-state index is 13.7. The van der Waals surface area contributed by atoms with Gasteiger partial charge in [0.05, 0.1) is 11.5 Å². The van der Waals surface area contributed by atoms with Gasteiger partial charge in [0.25, 0.3) is 5.91 Å². The van der Waals surface area contributed by atoms with Gasteiger partial charge in [-0.05, 0) is 36.5 Å². The van der Waals surface area contributed by atoms with Crippen LogP contribution in [0.5, 0.6) is 0 Å². The van der Waals surface area contributed by atoms with Crippen molar-refractivity contribution < 1.29 is 14.3 Å². The number of benzene rings is 2. The summed E-state index contributed by atoms with van der Waals surface area (Å²) in [4.78, 5) is 29.4. The lowest BCUT2D eigenvalue weighted by atomic mass is 9.65. The molecule has 1 heterocycles. The third-order valence-electron chi connectivity index (χ3n) is 6.81. The van der Waals surface area contributed by atoms with Gasteiger partial charge in [-0.2, -0.15) is 0 Å². The third kappa shape index (κ3) is 4.24. The van der Waals surface area contributed by atoms with E-state index in [9.17, 15) is 9.59 Å². The van der Waals surface area contributed by atoms with Gasteiger partial charge in [0.2, 0.25) is 5.91 Å². The standard InChI is InChI=1S/C26H32N2O3/c1-31-18-10-17-27-24(29)23-21-13-6-7-14-22(21)25(30)28(19-20-11-4-2-5-12-20)26(23)15-8-3-9-16-26/h2,4-7,11-14,23H,3,8-10,15-19H2,1H3,(H,27,29)/t23-/m1/s1. The van der Waals surface area contributed by atoms with E-state index in [2.05, 4.69) is 17.4 Å². The van der Waals surface area contributed by atoms with Crippen molar-refractivity contribution >= 4 is 11.8 Å². The highest BCUT2D eigenvalue weighted by Gasteiger charge is 2.54. The first kappa shape index (κ1) is 21.6. The second-order valence-electron chi connectivity index (χ2n) is 8.70. The Morgan fingerprint density at radius 3 is 2.52 bits per heavy atom. The number of amides is 2. The number of hydrogen-bond donors (Lipinski definition) is 1. The molecule has 1 aliphatic carbocycles. The zero-order chi connectivity index (χ0) is 21.7. The Labute approximate surface area is 184 Å². The topological polar surface area (TPSA) is 58.6 Å². The molecule has 2 amide bonds. The number of hydrogen-bond acceptors (Lipinski definition) is 3. The molecule has 1 spiro atoms. The summed E-state index contributed by atoms with van der Waals surface area (Å²) in [6.07, 6.45) is 5.71. The predicted molar refractivity (Wildman–Crippen MR) is 121 cm³/mol. The quantitative estimate of drug-likeness (QED) is 0.680. The van der Waals surface area contributed by atoms with Gasteiger partial charge >= 0.3 is 0 Å². The molecule has 164 valence electrons. The van der Waals surface area contributed by atoms with Gasteiger partial charge in [0, 0.05) is 32.4 Å². The van der Waals surface area contributed by atoms with Gasteiger partial charge < -0.3 is 15.0 Å². The number of methoxy groups -OCH3 is 1. The minimum Gasteiger partial charge on any atom is -0.385 e. The smallest absolute Gasteiger partial charge is 0.254 e. The van der Waals surface area contributed by atoms with Crippen molar-refractivity contribution in [2.24, 2.45) is 0 Å². The van der Waals surface area contributed by atoms with E-state index in [4.69, 9.17) is 4.74 Å². The van der Waals surface area contributed by atoms with Crippen LogP contribution in [0.3, 0.4) is 0 Å². The number of ether oxygens (including phenoxy) is 1. The van der Waals surface area contributed by atoms with Crippen molar-refractivity contribution in [1.82, 2.24) is 10.2 Å². The fourth-order valence-electron chi connectivity index (χ4n) is 5.37. The number of fused-ring (bicyclic) bond motifs is 1. The second kappa shape index (κ2) is 9.65. The molecule has 0 unspecified atom stereocenters. The van der Waals surface area contributed by atoms with Crippen LogP contribution in [-0.4, -0.2) is 42.5 Å². The molecule has 5 nitrogen and oxygen atoms in total. The molecule has 5 heteroatoms. The van der Waals surface area contributed by atoms with Crippen molar-refractivity contribution in [3.63, 3.8) is 0 Å². The summed E-state index contributed by atoms with van der Waals surface area (Å²) in [6.45, 7) is 1.72. The molecule has 0 radical (unpaired) electrons. The summed E-state index contributed by atoms with van der Waals surface area (Å²) in [5, 5.41) is 3.14. The zero-order valence-electron chi connectivity index (χ0n) is 18.3. The normalized spacial score (nSPS) is 19.8. The van der Waals surface area contributed by atoms with Gasteiger partial charge in [0.15, 0.2) is 0 Å². The number of rotatable bonds is 7. The molecule has 0 saturated heterocycles. The molecule has 1 saturated carbocycles. The second-order valence-corrected chi connectivity index (χ2v) is 8.70. The first-order valence-corrected chi connectivity index (χ1v) is 11.4. The summed E-state index contributed by atoms with van der Waals surface area (Å²) in [5.41, 5.74) is 2.15. The molecule has 1 aliphatic heterocycles. The Balaban J connectivity index is 1.75. The van der Waals surface area contributed by atoms with Crippen molar-refractivity contribution in [3.05, 3.63) is 71.3 Å². The monoisotopic (exact) mass is 420 g/mol. The van der Waals surface area contributed by atoms with E-state index in [1.165, 1.54) is 0 Å². The van der Waals surface area contributed by atoms with E-state index in [0.29, 0.717) is 25.3 Å². The van der Waals surface area contributed by atoms with Crippen molar-refractivity contribution in [2.75, 3.05) is 20.3 Å². The van der Waals surface area contributed by atoms with E-state index in [0.717, 1.165) is 49.7 Å². The van der Waals surface area contributed by atoms with Crippen LogP contribution in [0.2, 0.25) is 0 Å². The minimum absolute atomic E-state index is 0.0241. The van der Waals surface area contributed by atoms with E-state index < -0.39 is 5.54 Å². The summed E-state index contributed by atoms with van der Waals surface area (Å²) in [7, 11) is 1.67. The Hall–Kier alpha value is -2.66. The van der Waals surface area contributed by atoms with Crippen LogP contribution >= 0.6 is 0 Å². The number of nitrogens with zero attached hydrogens (tertiary/aromatic N) is 1. The van der Waals surface area contributed by atoms with Crippen LogP contribution in [0.15, 0.2) is 54.6 Å². The lowest BCUT2D eigenvalue weighted by Crippen LogP contribution is -2.62. The molecule has 0 aromatic heterocycles. The summed E-state index contributed by atoms with van der Waals surface area (Å²) in [5.74, 6) is -0.284. The summed E-state index contributed by atoms with van der Waals surface area (Å²) >= 11 is 0. The lowest BCUT2D eigenvalue weighted by Gasteiger charge is -2.53. The van der Waals surface area contributed by atoms with Gasteiger partial charge in [-0.3, -0.25) is 9.59 Å². The fourth-order valence-corrected chi connectivity index (χ4v) is 5.37. The molecule has 1 N–H and O–H groups in total. The summed E-state index contributed by atoms with van der Waals surface area (Å²) in [6, 6.07) is 17.8. The highest BCUT2D eigenvalue weighted by molar-refractivity contribution is 6.02. The lowest BCUT2D eigenvalue weighted by molar-refractivity contribution is -0.127. The molecule has 1 fully saturated rings. The number of carbonyl (C=O) groups excluding carboxylic acids is 2. The Bertz CT molecular complexity index is 906. The zero-order valence-corrected chi connectivity index (χ0v) is 18.3. The highest BCUT2D eigenvalue weighted by atomic mass is 16.5. The molecular formula is C26H32N2O3. The van der Waals surface area contributed by atoms with Gasteiger partial charge in [0.1, 0.15) is 0 Å². The highest BCUT2D eigenvalue weighted by Crippen LogP contribution is 2.49. The number of carbonyl (C=O) groups is 2. The number of nitrogens with one attached hydrogen (secondary N) is 1. The maximum atomic E-state index is 13.7. The van der Waals surface area contributed by atoms with Crippen LogP contribution in [0.25, 0.3) is 0 Å². The molecular weight excluding hydrogens is 388 g/mol. The van der Waals surface area contributed by atoms with Crippen LogP contribution < -0.4 is 5.32 Å². The fraction of sp³-hybridized carbons (Fsp3) is 0.462. The first-order valence-electron chi connectivity index (χ1n) is 11.4. The Kier molecular flexibility index (Phi) is 6.71. The largest absolute Gasteiger partial charge is 0.385 e. The average Bonchev–Trinajstić information content (AvgIpc) is 2.81. The van der Waals surface area contributed by atoms with E-state index in [1.807, 2.05) is 47.4 Å². The van der Waals surface area contributed by atoms with Gasteiger partial charge in [-0.25, -0.2) is 0 Å². The van der Waals surface area contributed by atoms with Crippen molar-refractivity contribution in [2.45, 2.75) is 56.5 Å². The summed E-state index contributed by atoms with van der Waals surface area (Å²) < 4.78 is 5.13. The third-order valence-corrected chi connectivity index (χ3v) is 6.81. The Morgan fingerprint density at radius 2 is 1.77 bits per heavy atom. The molecule has 4 rings (SSSR count). The first-order chi connectivity index (χ1) is 15.2.